The van der Waals surface area contributed by atoms with E-state index in [-0.39, 0.29) is 29.4 Å². The Bertz CT molecular complexity index is 1110. The molecule has 33 heavy (non-hydrogen) atoms. The molecule has 1 aliphatic carbocycles. The molecule has 1 saturated carbocycles. The Balaban J connectivity index is 1.55. The summed E-state index contributed by atoms with van der Waals surface area (Å²) < 4.78 is 33.7. The summed E-state index contributed by atoms with van der Waals surface area (Å²) in [5.74, 6) is 0.169. The van der Waals surface area contributed by atoms with Gasteiger partial charge in [-0.05, 0) is 42.0 Å². The highest BCUT2D eigenvalue weighted by Crippen LogP contribution is 2.35. The Morgan fingerprint density at radius 1 is 1.15 bits per heavy atom. The molecule has 174 valence electrons. The van der Waals surface area contributed by atoms with Gasteiger partial charge in [0.15, 0.2) is 11.6 Å². The number of phenols is 1. The number of pyridine rings is 1. The molecule has 3 atom stereocenters. The van der Waals surface area contributed by atoms with Gasteiger partial charge in [0.25, 0.3) is 0 Å². The van der Waals surface area contributed by atoms with Crippen molar-refractivity contribution in [3.8, 4) is 34.1 Å². The molecular formula is C24H27F2N5O2. The van der Waals surface area contributed by atoms with Crippen LogP contribution in [0.15, 0.2) is 36.5 Å². The molecule has 1 N–H and O–H groups in total. The van der Waals surface area contributed by atoms with Crippen LogP contribution >= 0.6 is 0 Å². The number of alkyl halides is 1. The van der Waals surface area contributed by atoms with E-state index in [4.69, 9.17) is 4.74 Å². The van der Waals surface area contributed by atoms with Gasteiger partial charge in [-0.25, -0.2) is 9.37 Å². The van der Waals surface area contributed by atoms with Crippen molar-refractivity contribution in [1.29, 1.82) is 0 Å². The van der Waals surface area contributed by atoms with Gasteiger partial charge in [-0.3, -0.25) is 0 Å². The van der Waals surface area contributed by atoms with Crippen molar-refractivity contribution in [3.63, 3.8) is 0 Å². The Labute approximate surface area is 191 Å². The van der Waals surface area contributed by atoms with Gasteiger partial charge < -0.3 is 14.7 Å². The topological polar surface area (TPSA) is 84.3 Å². The van der Waals surface area contributed by atoms with Crippen molar-refractivity contribution in [1.82, 2.24) is 20.2 Å². The van der Waals surface area contributed by atoms with Gasteiger partial charge in [0, 0.05) is 19.2 Å². The number of methoxy groups -OCH3 is 1. The quantitative estimate of drug-likeness (QED) is 0.534. The largest absolute Gasteiger partial charge is 0.507 e. The number of ether oxygens (including phenoxy) is 1. The molecule has 9 heteroatoms. The average Bonchev–Trinajstić information content (AvgIpc) is 2.83. The minimum absolute atomic E-state index is 0.0655. The van der Waals surface area contributed by atoms with Crippen LogP contribution in [0.5, 0.6) is 11.6 Å². The Morgan fingerprint density at radius 3 is 2.64 bits per heavy atom. The van der Waals surface area contributed by atoms with Gasteiger partial charge in [0.1, 0.15) is 11.9 Å². The van der Waals surface area contributed by atoms with Crippen molar-refractivity contribution in [3.05, 3.63) is 42.5 Å². The number of anilines is 1. The summed E-state index contributed by atoms with van der Waals surface area (Å²) in [6.07, 6.45) is 4.12. The standard InChI is InChI=1S/C24H27F2N5O2/c1-4-14-6-5-7-18(23(14)26)31(2)21-13-27-24(30-29-21)17-9-8-15(10-19(17)32)16-11-20(25)28-22(12-16)33-3/h8-14,18,23,32H,4-7H2,1-3H3/t14-,18+,23-/m1/s1. The molecule has 2 aromatic heterocycles. The summed E-state index contributed by atoms with van der Waals surface area (Å²) in [4.78, 5) is 9.78. The number of hydrogen-bond donors (Lipinski definition) is 1. The number of phenolic OH excluding ortho intramolecular Hbond substituents is 1. The number of benzene rings is 1. The van der Waals surface area contributed by atoms with E-state index >= 15 is 0 Å². The highest BCUT2D eigenvalue weighted by molar-refractivity contribution is 5.73. The van der Waals surface area contributed by atoms with Crippen LogP contribution in [0.4, 0.5) is 14.6 Å². The van der Waals surface area contributed by atoms with E-state index in [0.29, 0.717) is 22.5 Å². The summed E-state index contributed by atoms with van der Waals surface area (Å²) in [6.45, 7) is 2.02. The number of halogens is 2. The minimum Gasteiger partial charge on any atom is -0.507 e. The highest BCUT2D eigenvalue weighted by Gasteiger charge is 2.35. The van der Waals surface area contributed by atoms with E-state index in [1.165, 1.54) is 19.2 Å². The zero-order chi connectivity index (χ0) is 23.5. The second-order valence-corrected chi connectivity index (χ2v) is 8.31. The van der Waals surface area contributed by atoms with Crippen molar-refractivity contribution in [2.75, 3.05) is 19.1 Å². The van der Waals surface area contributed by atoms with Gasteiger partial charge >= 0.3 is 0 Å². The lowest BCUT2D eigenvalue weighted by atomic mass is 9.82. The molecule has 0 unspecified atom stereocenters. The molecule has 0 saturated heterocycles. The van der Waals surface area contributed by atoms with Crippen LogP contribution < -0.4 is 9.64 Å². The molecule has 0 amide bonds. The molecule has 2 heterocycles. The van der Waals surface area contributed by atoms with Crippen LogP contribution in [-0.2, 0) is 0 Å². The molecule has 3 aromatic rings. The number of aromatic hydroxyl groups is 1. The SMILES string of the molecule is CC[C@@H]1CCC[C@H](N(C)c2cnc(-c3ccc(-c4cc(F)nc(OC)c4)cc3O)nn2)[C@@H]1F. The monoisotopic (exact) mass is 455 g/mol. The van der Waals surface area contributed by atoms with Crippen molar-refractivity contribution in [2.45, 2.75) is 44.8 Å². The molecule has 4 rings (SSSR count). The second-order valence-electron chi connectivity index (χ2n) is 8.31. The first kappa shape index (κ1) is 22.8. The van der Waals surface area contributed by atoms with Gasteiger partial charge in [-0.15, -0.1) is 10.2 Å². The first-order chi connectivity index (χ1) is 15.9. The van der Waals surface area contributed by atoms with Gasteiger partial charge in [0.2, 0.25) is 11.8 Å². The maximum Gasteiger partial charge on any atom is 0.216 e. The summed E-state index contributed by atoms with van der Waals surface area (Å²) in [5, 5.41) is 19.0. The molecule has 7 nitrogen and oxygen atoms in total. The minimum atomic E-state index is -0.913. The van der Waals surface area contributed by atoms with Crippen LogP contribution in [0.1, 0.15) is 32.6 Å². The number of hydrogen-bond acceptors (Lipinski definition) is 7. The highest BCUT2D eigenvalue weighted by atomic mass is 19.1. The van der Waals surface area contributed by atoms with Crippen LogP contribution in [-0.4, -0.2) is 51.6 Å². The third kappa shape index (κ3) is 4.72. The van der Waals surface area contributed by atoms with Gasteiger partial charge in [0.05, 0.1) is 24.9 Å². The van der Waals surface area contributed by atoms with E-state index in [0.717, 1.165) is 25.7 Å². The second kappa shape index (κ2) is 9.64. The number of rotatable bonds is 6. The normalized spacial score (nSPS) is 20.5. The lowest BCUT2D eigenvalue weighted by Gasteiger charge is -2.38. The predicted octanol–water partition coefficient (Wildman–Crippen LogP) is 4.81. The summed E-state index contributed by atoms with van der Waals surface area (Å²) in [6, 6.07) is 7.43. The molecule has 0 spiro atoms. The molecule has 0 bridgehead atoms. The van der Waals surface area contributed by atoms with E-state index in [1.54, 1.807) is 24.4 Å². The van der Waals surface area contributed by atoms with E-state index in [2.05, 4.69) is 20.2 Å². The fourth-order valence-corrected chi connectivity index (χ4v) is 4.43. The van der Waals surface area contributed by atoms with Gasteiger partial charge in [-0.1, -0.05) is 25.8 Å². The smallest absolute Gasteiger partial charge is 0.216 e. The fraction of sp³-hybridized carbons (Fsp3) is 0.417. The molecule has 1 aliphatic rings. The van der Waals surface area contributed by atoms with Crippen LogP contribution in [0.25, 0.3) is 22.5 Å². The van der Waals surface area contributed by atoms with E-state index < -0.39 is 12.1 Å². The Hall–Kier alpha value is -3.36. The van der Waals surface area contributed by atoms with Crippen molar-refractivity contribution in [2.24, 2.45) is 5.92 Å². The molecule has 0 radical (unpaired) electrons. The predicted molar refractivity (Wildman–Crippen MR) is 121 cm³/mol. The third-order valence-electron chi connectivity index (χ3n) is 6.38. The summed E-state index contributed by atoms with van der Waals surface area (Å²) in [5.41, 5.74) is 1.47. The van der Waals surface area contributed by atoms with Gasteiger partial charge in [-0.2, -0.15) is 9.37 Å². The summed E-state index contributed by atoms with van der Waals surface area (Å²) >= 11 is 0. The number of aromatic nitrogens is 4. The van der Waals surface area contributed by atoms with Crippen molar-refractivity contribution >= 4 is 5.82 Å². The molecule has 1 fully saturated rings. The van der Waals surface area contributed by atoms with E-state index in [1.807, 2.05) is 18.9 Å². The average molecular weight is 456 g/mol. The maximum absolute atomic E-state index is 14.9. The van der Waals surface area contributed by atoms with Crippen molar-refractivity contribution < 1.29 is 18.6 Å². The van der Waals surface area contributed by atoms with Crippen LogP contribution in [0.3, 0.4) is 0 Å². The maximum atomic E-state index is 14.9. The Morgan fingerprint density at radius 2 is 1.97 bits per heavy atom. The fourth-order valence-electron chi connectivity index (χ4n) is 4.43. The zero-order valence-corrected chi connectivity index (χ0v) is 18.9. The zero-order valence-electron chi connectivity index (χ0n) is 18.9. The van der Waals surface area contributed by atoms with Crippen LogP contribution in [0.2, 0.25) is 0 Å². The van der Waals surface area contributed by atoms with Crippen LogP contribution in [0, 0.1) is 11.9 Å². The molecular weight excluding hydrogens is 428 g/mol. The Kier molecular flexibility index (Phi) is 6.67. The third-order valence-corrected chi connectivity index (χ3v) is 6.38. The van der Waals surface area contributed by atoms with E-state index in [9.17, 15) is 13.9 Å². The first-order valence-corrected chi connectivity index (χ1v) is 11.0. The first-order valence-electron chi connectivity index (χ1n) is 11.0. The molecule has 0 aliphatic heterocycles. The lowest BCUT2D eigenvalue weighted by Crippen LogP contribution is -2.45. The molecule has 1 aromatic carbocycles. The number of nitrogens with zero attached hydrogens (tertiary/aromatic N) is 5. The summed E-state index contributed by atoms with van der Waals surface area (Å²) in [7, 11) is 3.22. The lowest BCUT2D eigenvalue weighted by molar-refractivity contribution is 0.134.